The molecule has 0 radical (unpaired) electrons. The number of H-pyrrole nitrogens is 1. The van der Waals surface area contributed by atoms with Gasteiger partial charge in [-0.15, -0.1) is 0 Å². The van der Waals surface area contributed by atoms with Gasteiger partial charge in [-0.2, -0.15) is 16.1 Å². The van der Waals surface area contributed by atoms with Gasteiger partial charge >= 0.3 is 0 Å². The predicted molar refractivity (Wildman–Crippen MR) is 107 cm³/mol. The van der Waals surface area contributed by atoms with Crippen LogP contribution in [0.15, 0.2) is 41.4 Å². The van der Waals surface area contributed by atoms with E-state index in [1.807, 2.05) is 24.3 Å². The number of sulfonamides is 1. The van der Waals surface area contributed by atoms with Crippen molar-refractivity contribution in [2.24, 2.45) is 0 Å². The van der Waals surface area contributed by atoms with E-state index in [-0.39, 0.29) is 28.5 Å². The highest BCUT2D eigenvalue weighted by molar-refractivity contribution is 7.99. The third kappa shape index (κ3) is 4.03. The molecule has 1 saturated carbocycles. The Morgan fingerprint density at radius 1 is 1.26 bits per heavy atom. The van der Waals surface area contributed by atoms with Crippen LogP contribution in [0.4, 0.5) is 0 Å². The van der Waals surface area contributed by atoms with E-state index in [4.69, 9.17) is 11.6 Å². The molecule has 2 unspecified atom stereocenters. The summed E-state index contributed by atoms with van der Waals surface area (Å²) in [6, 6.07) is 9.09. The first kappa shape index (κ1) is 18.9. The number of halogens is 1. The molecule has 2 aliphatic rings. The predicted octanol–water partition coefficient (Wildman–Crippen LogP) is 2.69. The van der Waals surface area contributed by atoms with Crippen molar-refractivity contribution in [3.8, 4) is 0 Å². The van der Waals surface area contributed by atoms with Gasteiger partial charge in [-0.25, -0.2) is 8.42 Å². The molecule has 6 nitrogen and oxygen atoms in total. The quantitative estimate of drug-likeness (QED) is 0.771. The molecule has 1 aromatic carbocycles. The summed E-state index contributed by atoms with van der Waals surface area (Å²) in [5, 5.41) is 3.64. The molecule has 1 saturated heterocycles. The molecular weight excluding hydrogens is 406 g/mol. The van der Waals surface area contributed by atoms with Crippen molar-refractivity contribution in [2.45, 2.75) is 23.3 Å². The zero-order chi connectivity index (χ0) is 19.0. The third-order valence-corrected chi connectivity index (χ3v) is 7.95. The van der Waals surface area contributed by atoms with Gasteiger partial charge < -0.3 is 10.3 Å². The van der Waals surface area contributed by atoms with E-state index < -0.39 is 10.0 Å². The summed E-state index contributed by atoms with van der Waals surface area (Å²) in [5.41, 5.74) is 1.36. The summed E-state index contributed by atoms with van der Waals surface area (Å²) in [5.74, 6) is 1.55. The van der Waals surface area contributed by atoms with Gasteiger partial charge in [-0.3, -0.25) is 4.79 Å². The maximum atomic E-state index is 12.7. The second kappa shape index (κ2) is 7.50. The van der Waals surface area contributed by atoms with E-state index in [1.54, 1.807) is 11.8 Å². The van der Waals surface area contributed by atoms with Crippen LogP contribution in [0.3, 0.4) is 0 Å². The monoisotopic (exact) mass is 425 g/mol. The maximum absolute atomic E-state index is 12.7. The average Bonchev–Trinajstić information content (AvgIpc) is 3.24. The molecule has 0 spiro atoms. The van der Waals surface area contributed by atoms with Gasteiger partial charge in [-0.05, 0) is 30.2 Å². The largest absolute Gasteiger partial charge is 0.356 e. The number of hydrogen-bond donors (Lipinski definition) is 2. The third-order valence-electron chi connectivity index (χ3n) is 4.89. The van der Waals surface area contributed by atoms with Gasteiger partial charge in [0.25, 0.3) is 5.91 Å². The summed E-state index contributed by atoms with van der Waals surface area (Å²) in [4.78, 5) is 15.4. The number of rotatable bonds is 5. The molecule has 1 amide bonds. The van der Waals surface area contributed by atoms with Gasteiger partial charge in [0.1, 0.15) is 10.6 Å². The molecule has 2 N–H and O–H groups in total. The molecule has 2 aromatic rings. The van der Waals surface area contributed by atoms with Crippen LogP contribution in [-0.4, -0.2) is 54.3 Å². The highest BCUT2D eigenvalue weighted by Crippen LogP contribution is 2.41. The Morgan fingerprint density at radius 3 is 2.78 bits per heavy atom. The first-order valence-electron chi connectivity index (χ1n) is 8.78. The number of benzene rings is 1. The SMILES string of the molecule is O=C(NC1CC1c1cccc(Cl)c1)c1cc(S(=O)(=O)N2CCSCC2)c[nH]1. The molecule has 2 atom stereocenters. The second-order valence-electron chi connectivity index (χ2n) is 6.74. The molecular formula is C18H20ClN3O3S2. The van der Waals surface area contributed by atoms with Crippen molar-refractivity contribution in [1.82, 2.24) is 14.6 Å². The normalized spacial score (nSPS) is 23.1. The lowest BCUT2D eigenvalue weighted by Gasteiger charge is -2.24. The van der Waals surface area contributed by atoms with E-state index in [9.17, 15) is 13.2 Å². The topological polar surface area (TPSA) is 82.3 Å². The zero-order valence-corrected chi connectivity index (χ0v) is 16.9. The molecule has 2 heterocycles. The lowest BCUT2D eigenvalue weighted by molar-refractivity contribution is 0.0946. The van der Waals surface area contributed by atoms with Crippen molar-refractivity contribution in [1.29, 1.82) is 0 Å². The molecule has 1 aliphatic carbocycles. The minimum Gasteiger partial charge on any atom is -0.356 e. The van der Waals surface area contributed by atoms with E-state index in [2.05, 4.69) is 10.3 Å². The molecule has 144 valence electrons. The van der Waals surface area contributed by atoms with Gasteiger partial charge in [0, 0.05) is 47.8 Å². The smallest absolute Gasteiger partial charge is 0.267 e. The molecule has 27 heavy (non-hydrogen) atoms. The van der Waals surface area contributed by atoms with Gasteiger partial charge in [0.15, 0.2) is 0 Å². The summed E-state index contributed by atoms with van der Waals surface area (Å²) in [7, 11) is -3.55. The maximum Gasteiger partial charge on any atom is 0.267 e. The summed E-state index contributed by atoms with van der Waals surface area (Å²) >= 11 is 7.77. The van der Waals surface area contributed by atoms with Crippen LogP contribution in [0, 0.1) is 0 Å². The highest BCUT2D eigenvalue weighted by atomic mass is 35.5. The van der Waals surface area contributed by atoms with Gasteiger partial charge in [-0.1, -0.05) is 23.7 Å². The number of hydrogen-bond acceptors (Lipinski definition) is 4. The van der Waals surface area contributed by atoms with E-state index in [0.29, 0.717) is 18.1 Å². The fourth-order valence-corrected chi connectivity index (χ4v) is 6.07. The highest BCUT2D eigenvalue weighted by Gasteiger charge is 2.40. The van der Waals surface area contributed by atoms with Crippen molar-refractivity contribution in [3.63, 3.8) is 0 Å². The molecule has 2 fully saturated rings. The molecule has 0 bridgehead atoms. The Labute approximate surface area is 167 Å². The molecule has 4 rings (SSSR count). The standard InChI is InChI=1S/C18H20ClN3O3S2/c19-13-3-1-2-12(8-13)15-10-16(15)21-18(23)17-9-14(11-20-17)27(24,25)22-4-6-26-7-5-22/h1-3,8-9,11,15-16,20H,4-7,10H2,(H,21,23). The first-order valence-corrected chi connectivity index (χ1v) is 11.7. The number of nitrogens with one attached hydrogen (secondary N) is 2. The van der Waals surface area contributed by atoms with Crippen molar-refractivity contribution < 1.29 is 13.2 Å². The summed E-state index contributed by atoms with van der Waals surface area (Å²) in [6.45, 7) is 1.01. The van der Waals surface area contributed by atoms with Crippen LogP contribution < -0.4 is 5.32 Å². The van der Waals surface area contributed by atoms with Crippen molar-refractivity contribution in [3.05, 3.63) is 52.8 Å². The fraction of sp³-hybridized carbons (Fsp3) is 0.389. The number of carbonyl (C=O) groups is 1. The minimum absolute atomic E-state index is 0.0402. The fourth-order valence-electron chi connectivity index (χ4n) is 3.30. The van der Waals surface area contributed by atoms with Crippen LogP contribution in [0.25, 0.3) is 0 Å². The van der Waals surface area contributed by atoms with Crippen LogP contribution >= 0.6 is 23.4 Å². The minimum atomic E-state index is -3.55. The number of thioether (sulfide) groups is 1. The number of aromatic amines is 1. The zero-order valence-electron chi connectivity index (χ0n) is 14.5. The van der Waals surface area contributed by atoms with Crippen LogP contribution in [0.2, 0.25) is 5.02 Å². The molecule has 1 aromatic heterocycles. The number of carbonyl (C=O) groups excluding carboxylic acids is 1. The van der Waals surface area contributed by atoms with Crippen LogP contribution in [0.1, 0.15) is 28.4 Å². The van der Waals surface area contributed by atoms with Crippen LogP contribution in [-0.2, 0) is 10.0 Å². The Kier molecular flexibility index (Phi) is 5.24. The van der Waals surface area contributed by atoms with E-state index >= 15 is 0 Å². The average molecular weight is 426 g/mol. The first-order chi connectivity index (χ1) is 12.9. The van der Waals surface area contributed by atoms with E-state index in [1.165, 1.54) is 16.6 Å². The van der Waals surface area contributed by atoms with Gasteiger partial charge in [0.2, 0.25) is 10.0 Å². The Hall–Kier alpha value is -1.48. The number of amides is 1. The lowest BCUT2D eigenvalue weighted by Crippen LogP contribution is -2.37. The molecule has 9 heteroatoms. The van der Waals surface area contributed by atoms with E-state index in [0.717, 1.165) is 23.5 Å². The second-order valence-corrected chi connectivity index (χ2v) is 10.3. The molecule has 1 aliphatic heterocycles. The van der Waals surface area contributed by atoms with Gasteiger partial charge in [0.05, 0.1) is 0 Å². The number of aromatic nitrogens is 1. The summed E-state index contributed by atoms with van der Waals surface area (Å²) in [6.07, 6.45) is 2.25. The van der Waals surface area contributed by atoms with Crippen molar-refractivity contribution in [2.75, 3.05) is 24.6 Å². The van der Waals surface area contributed by atoms with Crippen molar-refractivity contribution >= 4 is 39.3 Å². The Balaban J connectivity index is 1.41. The van der Waals surface area contributed by atoms with Crippen LogP contribution in [0.5, 0.6) is 0 Å². The Morgan fingerprint density at radius 2 is 2.04 bits per heavy atom. The number of nitrogens with zero attached hydrogens (tertiary/aromatic N) is 1. The lowest BCUT2D eigenvalue weighted by atomic mass is 10.1. The summed E-state index contributed by atoms with van der Waals surface area (Å²) < 4.78 is 26.8. The Bertz CT molecular complexity index is 954.